The molecule has 0 aliphatic rings. The van der Waals surface area contributed by atoms with Crippen molar-refractivity contribution in [1.29, 1.82) is 0 Å². The standard InChI is InChI=1S/C25H24BrCl2N5O/c1-14-23(26)16(3)32(30-14)12-18-7-5-8-19(11-18)25(34)29-24-15(2)31-33(17(24)4)13-20-21(27)9-6-10-22(20)28/h5-11H,12-13H2,1-4H3,(H,29,34). The van der Waals surface area contributed by atoms with Crippen LogP contribution in [0.1, 0.15) is 44.3 Å². The number of nitrogens with one attached hydrogen (secondary N) is 1. The second kappa shape index (κ2) is 9.94. The number of nitrogens with zero attached hydrogens (tertiary/aromatic N) is 4. The quantitative estimate of drug-likeness (QED) is 0.284. The topological polar surface area (TPSA) is 64.7 Å². The lowest BCUT2D eigenvalue weighted by Gasteiger charge is -2.10. The van der Waals surface area contributed by atoms with Crippen molar-refractivity contribution in [3.8, 4) is 0 Å². The van der Waals surface area contributed by atoms with Crippen molar-refractivity contribution in [3.63, 3.8) is 0 Å². The molecule has 4 aromatic rings. The van der Waals surface area contributed by atoms with Gasteiger partial charge in [-0.3, -0.25) is 14.2 Å². The number of anilines is 1. The summed E-state index contributed by atoms with van der Waals surface area (Å²) in [6, 6.07) is 13.0. The molecule has 2 aromatic heterocycles. The number of carbonyl (C=O) groups excluding carboxylic acids is 1. The van der Waals surface area contributed by atoms with Crippen LogP contribution in [0.2, 0.25) is 10.0 Å². The Morgan fingerprint density at radius 3 is 2.18 bits per heavy atom. The van der Waals surface area contributed by atoms with Crippen LogP contribution in [-0.2, 0) is 13.1 Å². The fourth-order valence-corrected chi connectivity index (χ4v) is 4.66. The minimum atomic E-state index is -0.196. The van der Waals surface area contributed by atoms with E-state index in [9.17, 15) is 4.79 Å². The lowest BCUT2D eigenvalue weighted by atomic mass is 10.1. The first-order chi connectivity index (χ1) is 16.2. The molecular weight excluding hydrogens is 537 g/mol. The van der Waals surface area contributed by atoms with Crippen molar-refractivity contribution >= 4 is 50.7 Å². The Hall–Kier alpha value is -2.61. The number of aromatic nitrogens is 4. The minimum absolute atomic E-state index is 0.196. The van der Waals surface area contributed by atoms with E-state index in [-0.39, 0.29) is 5.91 Å². The van der Waals surface area contributed by atoms with E-state index in [2.05, 4.69) is 31.4 Å². The van der Waals surface area contributed by atoms with Crippen molar-refractivity contribution in [3.05, 3.63) is 96.4 Å². The zero-order chi connectivity index (χ0) is 24.6. The van der Waals surface area contributed by atoms with E-state index in [0.717, 1.165) is 38.4 Å². The second-order valence-corrected chi connectivity index (χ2v) is 9.81. The van der Waals surface area contributed by atoms with Crippen molar-refractivity contribution in [2.24, 2.45) is 0 Å². The summed E-state index contributed by atoms with van der Waals surface area (Å²) >= 11 is 16.2. The van der Waals surface area contributed by atoms with E-state index in [4.69, 9.17) is 23.2 Å². The summed E-state index contributed by atoms with van der Waals surface area (Å²) in [5.74, 6) is -0.196. The van der Waals surface area contributed by atoms with Gasteiger partial charge < -0.3 is 5.32 Å². The van der Waals surface area contributed by atoms with Gasteiger partial charge in [0, 0.05) is 21.2 Å². The molecule has 2 heterocycles. The molecule has 0 aliphatic heterocycles. The molecular formula is C25H24BrCl2N5O. The molecule has 176 valence electrons. The molecule has 6 nitrogen and oxygen atoms in total. The van der Waals surface area contributed by atoms with E-state index >= 15 is 0 Å². The molecule has 1 N–H and O–H groups in total. The summed E-state index contributed by atoms with van der Waals surface area (Å²) in [4.78, 5) is 13.1. The van der Waals surface area contributed by atoms with Crippen molar-refractivity contribution < 1.29 is 4.79 Å². The summed E-state index contributed by atoms with van der Waals surface area (Å²) in [7, 11) is 0. The smallest absolute Gasteiger partial charge is 0.255 e. The molecule has 34 heavy (non-hydrogen) atoms. The summed E-state index contributed by atoms with van der Waals surface area (Å²) in [5.41, 5.74) is 6.56. The molecule has 4 rings (SSSR count). The van der Waals surface area contributed by atoms with Gasteiger partial charge in [-0.15, -0.1) is 0 Å². The van der Waals surface area contributed by atoms with Crippen LogP contribution in [-0.4, -0.2) is 25.5 Å². The summed E-state index contributed by atoms with van der Waals surface area (Å²) < 4.78 is 4.73. The van der Waals surface area contributed by atoms with Crippen molar-refractivity contribution in [2.45, 2.75) is 40.8 Å². The van der Waals surface area contributed by atoms with Gasteiger partial charge in [-0.2, -0.15) is 10.2 Å². The third kappa shape index (κ3) is 4.92. The van der Waals surface area contributed by atoms with Crippen LogP contribution >= 0.6 is 39.1 Å². The number of amides is 1. The molecule has 1 amide bonds. The first kappa shape index (κ1) is 24.5. The summed E-state index contributed by atoms with van der Waals surface area (Å²) in [6.07, 6.45) is 0. The Labute approximate surface area is 217 Å². The Bertz CT molecular complexity index is 1370. The highest BCUT2D eigenvalue weighted by Crippen LogP contribution is 2.28. The predicted molar refractivity (Wildman–Crippen MR) is 140 cm³/mol. The van der Waals surface area contributed by atoms with Crippen LogP contribution in [0.5, 0.6) is 0 Å². The minimum Gasteiger partial charge on any atom is -0.319 e. The van der Waals surface area contributed by atoms with Gasteiger partial charge in [0.2, 0.25) is 0 Å². The number of halogens is 3. The lowest BCUT2D eigenvalue weighted by Crippen LogP contribution is -2.14. The molecule has 0 unspecified atom stereocenters. The molecule has 0 saturated carbocycles. The Kier molecular flexibility index (Phi) is 7.17. The van der Waals surface area contributed by atoms with E-state index in [0.29, 0.717) is 34.4 Å². The Morgan fingerprint density at radius 2 is 1.53 bits per heavy atom. The number of hydrogen-bond acceptors (Lipinski definition) is 3. The van der Waals surface area contributed by atoms with Gasteiger partial charge in [0.05, 0.1) is 46.0 Å². The van der Waals surface area contributed by atoms with Gasteiger partial charge in [0.15, 0.2) is 0 Å². The van der Waals surface area contributed by atoms with E-state index in [1.165, 1.54) is 0 Å². The number of rotatable bonds is 6. The second-order valence-electron chi connectivity index (χ2n) is 8.20. The zero-order valence-electron chi connectivity index (χ0n) is 19.3. The van der Waals surface area contributed by atoms with Crippen LogP contribution in [0.3, 0.4) is 0 Å². The van der Waals surface area contributed by atoms with Crippen LogP contribution in [0.15, 0.2) is 46.9 Å². The van der Waals surface area contributed by atoms with E-state index in [1.54, 1.807) is 22.9 Å². The van der Waals surface area contributed by atoms with E-state index in [1.807, 2.05) is 56.6 Å². The molecule has 2 aromatic carbocycles. The first-order valence-corrected chi connectivity index (χ1v) is 12.3. The summed E-state index contributed by atoms with van der Waals surface area (Å²) in [5, 5.41) is 13.3. The zero-order valence-corrected chi connectivity index (χ0v) is 22.4. The molecule has 0 aliphatic carbocycles. The van der Waals surface area contributed by atoms with Crippen LogP contribution in [0.4, 0.5) is 5.69 Å². The van der Waals surface area contributed by atoms with Gasteiger partial charge in [0.25, 0.3) is 5.91 Å². The SMILES string of the molecule is Cc1nn(Cc2cccc(C(=O)Nc3c(C)nn(Cc4c(Cl)cccc4Cl)c3C)c2)c(C)c1Br. The number of benzene rings is 2. The molecule has 0 spiro atoms. The normalized spacial score (nSPS) is 11.1. The Morgan fingerprint density at radius 1 is 0.912 bits per heavy atom. The number of carbonyl (C=O) groups is 1. The van der Waals surface area contributed by atoms with E-state index < -0.39 is 0 Å². The average molecular weight is 561 g/mol. The van der Waals surface area contributed by atoms with Gasteiger partial charge in [0.1, 0.15) is 0 Å². The number of hydrogen-bond donors (Lipinski definition) is 1. The fraction of sp³-hybridized carbons (Fsp3) is 0.240. The predicted octanol–water partition coefficient (Wildman–Crippen LogP) is 6.73. The highest BCUT2D eigenvalue weighted by atomic mass is 79.9. The highest BCUT2D eigenvalue weighted by molar-refractivity contribution is 9.10. The van der Waals surface area contributed by atoms with Gasteiger partial charge in [-0.05, 0) is 73.5 Å². The maximum Gasteiger partial charge on any atom is 0.255 e. The monoisotopic (exact) mass is 559 g/mol. The molecule has 0 bridgehead atoms. The molecule has 0 saturated heterocycles. The maximum atomic E-state index is 13.1. The molecule has 0 atom stereocenters. The summed E-state index contributed by atoms with van der Waals surface area (Å²) in [6.45, 7) is 8.74. The maximum absolute atomic E-state index is 13.1. The highest BCUT2D eigenvalue weighted by Gasteiger charge is 2.18. The molecule has 0 fully saturated rings. The van der Waals surface area contributed by atoms with Crippen molar-refractivity contribution in [1.82, 2.24) is 19.6 Å². The van der Waals surface area contributed by atoms with Gasteiger partial charge in [-0.1, -0.05) is 41.4 Å². The lowest BCUT2D eigenvalue weighted by molar-refractivity contribution is 0.102. The largest absolute Gasteiger partial charge is 0.319 e. The van der Waals surface area contributed by atoms with Crippen LogP contribution in [0.25, 0.3) is 0 Å². The van der Waals surface area contributed by atoms with Crippen molar-refractivity contribution in [2.75, 3.05) is 5.32 Å². The molecule has 0 radical (unpaired) electrons. The average Bonchev–Trinajstić information content (AvgIpc) is 3.20. The third-order valence-corrected chi connectivity index (χ3v) is 7.66. The third-order valence-electron chi connectivity index (χ3n) is 5.80. The van der Waals surface area contributed by atoms with Gasteiger partial charge in [-0.25, -0.2) is 0 Å². The van der Waals surface area contributed by atoms with Crippen LogP contribution in [0, 0.1) is 27.7 Å². The van der Waals surface area contributed by atoms with Gasteiger partial charge >= 0.3 is 0 Å². The molecule has 9 heteroatoms. The number of aryl methyl sites for hydroxylation is 2. The first-order valence-electron chi connectivity index (χ1n) is 10.7. The van der Waals surface area contributed by atoms with Crippen LogP contribution < -0.4 is 5.32 Å². The fourth-order valence-electron chi connectivity index (χ4n) is 3.86. The Balaban J connectivity index is 1.54.